The Morgan fingerprint density at radius 1 is 1.12 bits per heavy atom. The first-order chi connectivity index (χ1) is 11.7. The van der Waals surface area contributed by atoms with E-state index < -0.39 is 0 Å². The molecule has 0 saturated carbocycles. The number of aromatic nitrogens is 2. The Balaban J connectivity index is 1.48. The zero-order chi connectivity index (χ0) is 16.8. The normalized spacial score (nSPS) is 10.4. The number of amides is 1. The number of para-hydroxylation sites is 1. The van der Waals surface area contributed by atoms with Crippen LogP contribution in [0.4, 0.5) is 0 Å². The Morgan fingerprint density at radius 3 is 2.62 bits per heavy atom. The molecular formula is C19H19N3O2. The van der Waals surface area contributed by atoms with E-state index in [1.807, 2.05) is 67.7 Å². The number of nitrogens with one attached hydrogen (secondary N) is 1. The summed E-state index contributed by atoms with van der Waals surface area (Å²) in [7, 11) is 0. The van der Waals surface area contributed by atoms with Gasteiger partial charge in [0.1, 0.15) is 5.75 Å². The first kappa shape index (κ1) is 15.8. The molecule has 1 aromatic heterocycles. The molecule has 5 heteroatoms. The summed E-state index contributed by atoms with van der Waals surface area (Å²) in [5.41, 5.74) is 3.07. The predicted molar refractivity (Wildman–Crippen MR) is 92.1 cm³/mol. The van der Waals surface area contributed by atoms with Gasteiger partial charge in [0.25, 0.3) is 5.91 Å². The topological polar surface area (TPSA) is 56.1 Å². The molecule has 0 fully saturated rings. The summed E-state index contributed by atoms with van der Waals surface area (Å²) in [6, 6.07) is 17.4. The van der Waals surface area contributed by atoms with E-state index in [-0.39, 0.29) is 12.5 Å². The molecule has 3 aromatic rings. The van der Waals surface area contributed by atoms with Crippen LogP contribution in [-0.4, -0.2) is 22.3 Å². The van der Waals surface area contributed by atoms with E-state index in [2.05, 4.69) is 10.4 Å². The van der Waals surface area contributed by atoms with Crippen molar-refractivity contribution in [2.45, 2.75) is 13.5 Å². The lowest BCUT2D eigenvalue weighted by atomic mass is 10.2. The lowest BCUT2D eigenvalue weighted by Crippen LogP contribution is -2.28. The van der Waals surface area contributed by atoms with E-state index in [9.17, 15) is 4.79 Å². The smallest absolute Gasteiger partial charge is 0.258 e. The number of ether oxygens (including phenoxy) is 1. The molecule has 1 amide bonds. The first-order valence-corrected chi connectivity index (χ1v) is 7.76. The maximum Gasteiger partial charge on any atom is 0.258 e. The van der Waals surface area contributed by atoms with Crippen LogP contribution in [0, 0.1) is 6.92 Å². The first-order valence-electron chi connectivity index (χ1n) is 7.76. The molecule has 2 aromatic carbocycles. The van der Waals surface area contributed by atoms with E-state index >= 15 is 0 Å². The number of hydrogen-bond acceptors (Lipinski definition) is 3. The van der Waals surface area contributed by atoms with Crippen molar-refractivity contribution in [2.75, 3.05) is 6.61 Å². The van der Waals surface area contributed by atoms with Crippen LogP contribution in [0.3, 0.4) is 0 Å². The highest BCUT2D eigenvalue weighted by atomic mass is 16.5. The van der Waals surface area contributed by atoms with Crippen LogP contribution in [0.5, 0.6) is 5.75 Å². The SMILES string of the molecule is Cc1ccc(OCC(=O)NCc2cnn(-c3ccccc3)c2)cc1. The summed E-state index contributed by atoms with van der Waals surface area (Å²) in [4.78, 5) is 11.9. The van der Waals surface area contributed by atoms with Gasteiger partial charge in [-0.15, -0.1) is 0 Å². The summed E-state index contributed by atoms with van der Waals surface area (Å²) >= 11 is 0. The van der Waals surface area contributed by atoms with Gasteiger partial charge in [-0.3, -0.25) is 4.79 Å². The summed E-state index contributed by atoms with van der Waals surface area (Å²) < 4.78 is 7.23. The monoisotopic (exact) mass is 321 g/mol. The maximum atomic E-state index is 11.9. The number of aryl methyl sites for hydroxylation is 1. The molecule has 0 saturated heterocycles. The van der Waals surface area contributed by atoms with Gasteiger partial charge in [0.15, 0.2) is 6.61 Å². The number of carbonyl (C=O) groups is 1. The van der Waals surface area contributed by atoms with Gasteiger partial charge in [0.05, 0.1) is 11.9 Å². The van der Waals surface area contributed by atoms with Crippen LogP contribution >= 0.6 is 0 Å². The van der Waals surface area contributed by atoms with Gasteiger partial charge in [-0.05, 0) is 31.2 Å². The molecular weight excluding hydrogens is 302 g/mol. The molecule has 5 nitrogen and oxygen atoms in total. The van der Waals surface area contributed by atoms with Gasteiger partial charge in [-0.1, -0.05) is 35.9 Å². The van der Waals surface area contributed by atoms with Crippen LogP contribution in [0.2, 0.25) is 0 Å². The highest BCUT2D eigenvalue weighted by Gasteiger charge is 2.05. The second kappa shape index (κ2) is 7.46. The van der Waals surface area contributed by atoms with Crippen LogP contribution in [0.25, 0.3) is 5.69 Å². The molecule has 3 rings (SSSR count). The van der Waals surface area contributed by atoms with Crippen molar-refractivity contribution in [3.8, 4) is 11.4 Å². The minimum Gasteiger partial charge on any atom is -0.484 e. The maximum absolute atomic E-state index is 11.9. The largest absolute Gasteiger partial charge is 0.484 e. The molecule has 1 N–H and O–H groups in total. The van der Waals surface area contributed by atoms with Crippen molar-refractivity contribution >= 4 is 5.91 Å². The fourth-order valence-electron chi connectivity index (χ4n) is 2.21. The Morgan fingerprint density at radius 2 is 1.88 bits per heavy atom. The Bertz CT molecular complexity index is 795. The van der Waals surface area contributed by atoms with E-state index in [0.717, 1.165) is 16.8 Å². The third-order valence-corrected chi connectivity index (χ3v) is 3.54. The second-order valence-electron chi connectivity index (χ2n) is 5.51. The standard InChI is InChI=1S/C19H19N3O2/c1-15-7-9-18(10-8-15)24-14-19(23)20-11-16-12-21-22(13-16)17-5-3-2-4-6-17/h2-10,12-13H,11,14H2,1H3,(H,20,23). The molecule has 0 aliphatic rings. The molecule has 0 aliphatic carbocycles. The van der Waals surface area contributed by atoms with Gasteiger partial charge in [0, 0.05) is 18.3 Å². The minimum atomic E-state index is -0.164. The van der Waals surface area contributed by atoms with E-state index in [4.69, 9.17) is 4.74 Å². The summed E-state index contributed by atoms with van der Waals surface area (Å²) in [5.74, 6) is 0.524. The molecule has 0 unspecified atom stereocenters. The third-order valence-electron chi connectivity index (χ3n) is 3.54. The van der Waals surface area contributed by atoms with Crippen LogP contribution in [0.15, 0.2) is 67.0 Å². The average molecular weight is 321 g/mol. The summed E-state index contributed by atoms with van der Waals surface area (Å²) in [6.07, 6.45) is 3.64. The molecule has 0 spiro atoms. The van der Waals surface area contributed by atoms with E-state index in [0.29, 0.717) is 12.3 Å². The van der Waals surface area contributed by atoms with E-state index in [1.54, 1.807) is 10.9 Å². The predicted octanol–water partition coefficient (Wildman–Crippen LogP) is 2.88. The average Bonchev–Trinajstić information content (AvgIpc) is 3.09. The summed E-state index contributed by atoms with van der Waals surface area (Å²) in [5, 5.41) is 7.13. The zero-order valence-electron chi connectivity index (χ0n) is 13.5. The lowest BCUT2D eigenvalue weighted by Gasteiger charge is -2.07. The van der Waals surface area contributed by atoms with Gasteiger partial charge in [-0.2, -0.15) is 5.10 Å². The fourth-order valence-corrected chi connectivity index (χ4v) is 2.21. The van der Waals surface area contributed by atoms with Crippen molar-refractivity contribution in [3.05, 3.63) is 78.1 Å². The number of carbonyl (C=O) groups excluding carboxylic acids is 1. The van der Waals surface area contributed by atoms with Gasteiger partial charge in [-0.25, -0.2) is 4.68 Å². The van der Waals surface area contributed by atoms with Crippen LogP contribution in [-0.2, 0) is 11.3 Å². The summed E-state index contributed by atoms with van der Waals surface area (Å²) in [6.45, 7) is 2.42. The minimum absolute atomic E-state index is 0.00408. The fraction of sp³-hybridized carbons (Fsp3) is 0.158. The number of hydrogen-bond donors (Lipinski definition) is 1. The Kier molecular flexibility index (Phi) is 4.91. The Labute approximate surface area is 140 Å². The highest BCUT2D eigenvalue weighted by molar-refractivity contribution is 5.77. The third kappa shape index (κ3) is 4.23. The van der Waals surface area contributed by atoms with Crippen LogP contribution in [0.1, 0.15) is 11.1 Å². The van der Waals surface area contributed by atoms with Crippen molar-refractivity contribution in [1.29, 1.82) is 0 Å². The Hall–Kier alpha value is -3.08. The van der Waals surface area contributed by atoms with Gasteiger partial charge in [0.2, 0.25) is 0 Å². The molecule has 24 heavy (non-hydrogen) atoms. The quantitative estimate of drug-likeness (QED) is 0.759. The molecule has 1 heterocycles. The van der Waals surface area contributed by atoms with Crippen molar-refractivity contribution in [1.82, 2.24) is 15.1 Å². The number of rotatable bonds is 6. The molecule has 122 valence electrons. The van der Waals surface area contributed by atoms with Gasteiger partial charge < -0.3 is 10.1 Å². The van der Waals surface area contributed by atoms with Crippen LogP contribution < -0.4 is 10.1 Å². The van der Waals surface area contributed by atoms with Gasteiger partial charge >= 0.3 is 0 Å². The molecule has 0 bridgehead atoms. The lowest BCUT2D eigenvalue weighted by molar-refractivity contribution is -0.123. The second-order valence-corrected chi connectivity index (χ2v) is 5.51. The molecule has 0 atom stereocenters. The zero-order valence-corrected chi connectivity index (χ0v) is 13.5. The van der Waals surface area contributed by atoms with Crippen molar-refractivity contribution < 1.29 is 9.53 Å². The number of nitrogens with zero attached hydrogens (tertiary/aromatic N) is 2. The van der Waals surface area contributed by atoms with E-state index in [1.165, 1.54) is 0 Å². The molecule has 0 aliphatic heterocycles. The highest BCUT2D eigenvalue weighted by Crippen LogP contribution is 2.11. The number of benzene rings is 2. The van der Waals surface area contributed by atoms with Crippen molar-refractivity contribution in [3.63, 3.8) is 0 Å². The molecule has 0 radical (unpaired) electrons. The van der Waals surface area contributed by atoms with Crippen molar-refractivity contribution in [2.24, 2.45) is 0 Å².